The van der Waals surface area contributed by atoms with Crippen LogP contribution >= 0.6 is 34.2 Å². The Kier molecular flexibility index (Phi) is 3.49. The fraction of sp³-hybridized carbons (Fsp3) is 0.231. The molecule has 0 aliphatic heterocycles. The van der Waals surface area contributed by atoms with Crippen LogP contribution in [0, 0.1) is 3.57 Å². The fourth-order valence-corrected chi connectivity index (χ4v) is 3.16. The van der Waals surface area contributed by atoms with E-state index < -0.39 is 0 Å². The molecule has 1 heterocycles. The molecular weight excluding hydrogens is 377 g/mol. The van der Waals surface area contributed by atoms with Gasteiger partial charge in [-0.15, -0.1) is 11.6 Å². The number of anilines is 1. The molecule has 6 heteroatoms. The van der Waals surface area contributed by atoms with Gasteiger partial charge < -0.3 is 10.3 Å². The first kappa shape index (κ1) is 12.9. The van der Waals surface area contributed by atoms with E-state index in [1.807, 2.05) is 34.7 Å². The van der Waals surface area contributed by atoms with E-state index in [1.54, 1.807) is 0 Å². The maximum atomic E-state index is 11.6. The van der Waals surface area contributed by atoms with E-state index in [0.29, 0.717) is 9.39 Å². The molecule has 0 saturated heterocycles. The molecule has 3 rings (SSSR count). The van der Waals surface area contributed by atoms with Crippen molar-refractivity contribution in [3.8, 4) is 0 Å². The predicted molar refractivity (Wildman–Crippen MR) is 83.7 cm³/mol. The molecule has 4 nitrogen and oxygen atoms in total. The number of aromatic nitrogens is 2. The van der Waals surface area contributed by atoms with Crippen molar-refractivity contribution in [3.05, 3.63) is 55.6 Å². The van der Waals surface area contributed by atoms with E-state index >= 15 is 0 Å². The molecule has 98 valence electrons. The lowest BCUT2D eigenvalue weighted by Crippen LogP contribution is -2.21. The van der Waals surface area contributed by atoms with Crippen LogP contribution in [0.1, 0.15) is 17.2 Å². The summed E-state index contributed by atoms with van der Waals surface area (Å²) in [6.07, 6.45) is 2.23. The number of fused-ring (bicyclic) bond motifs is 1. The van der Waals surface area contributed by atoms with E-state index in [4.69, 9.17) is 11.6 Å². The molecule has 0 fully saturated rings. The van der Waals surface area contributed by atoms with Crippen LogP contribution < -0.4 is 10.9 Å². The van der Waals surface area contributed by atoms with E-state index in [-0.39, 0.29) is 17.0 Å². The molecule has 0 spiro atoms. The summed E-state index contributed by atoms with van der Waals surface area (Å²) in [6, 6.07) is 8.15. The minimum atomic E-state index is -0.143. The number of benzene rings is 1. The third kappa shape index (κ3) is 2.36. The first-order valence-corrected chi connectivity index (χ1v) is 7.40. The van der Waals surface area contributed by atoms with E-state index in [0.717, 1.165) is 6.42 Å². The lowest BCUT2D eigenvalue weighted by molar-refractivity contribution is 0.764. The fourth-order valence-electron chi connectivity index (χ4n) is 2.35. The SMILES string of the molecule is O=c1[nH]cnc(NC2c3ccccc3CC2Cl)c1I. The molecule has 2 N–H and O–H groups in total. The third-order valence-electron chi connectivity index (χ3n) is 3.26. The average molecular weight is 388 g/mol. The maximum Gasteiger partial charge on any atom is 0.266 e. The van der Waals surface area contributed by atoms with Crippen LogP contribution in [-0.4, -0.2) is 15.3 Å². The Morgan fingerprint density at radius 1 is 1.42 bits per heavy atom. The number of H-pyrrole nitrogens is 1. The Hall–Kier alpha value is -1.08. The van der Waals surface area contributed by atoms with Crippen LogP contribution in [0.4, 0.5) is 5.82 Å². The van der Waals surface area contributed by atoms with Crippen molar-refractivity contribution >= 4 is 40.0 Å². The molecule has 0 bridgehead atoms. The standard InChI is InChI=1S/C13H11ClIN3O/c14-9-5-7-3-1-2-4-8(7)11(9)18-12-10(15)13(19)17-6-16-12/h1-4,6,9,11H,5H2,(H2,16,17,18,19). The molecular formula is C13H11ClIN3O. The summed E-state index contributed by atoms with van der Waals surface area (Å²) in [5.41, 5.74) is 2.29. The normalized spacial score (nSPS) is 21.2. The average Bonchev–Trinajstić information content (AvgIpc) is 2.72. The summed E-state index contributed by atoms with van der Waals surface area (Å²) in [5.74, 6) is 0.580. The molecule has 1 aromatic carbocycles. The Balaban J connectivity index is 1.96. The van der Waals surface area contributed by atoms with Gasteiger partial charge in [0.05, 0.1) is 17.7 Å². The van der Waals surface area contributed by atoms with Gasteiger partial charge in [0.25, 0.3) is 5.56 Å². The topological polar surface area (TPSA) is 57.8 Å². The number of rotatable bonds is 2. The smallest absolute Gasteiger partial charge is 0.266 e. The van der Waals surface area contributed by atoms with E-state index in [9.17, 15) is 4.79 Å². The Morgan fingerprint density at radius 2 is 2.21 bits per heavy atom. The van der Waals surface area contributed by atoms with Crippen molar-refractivity contribution in [2.24, 2.45) is 0 Å². The Labute approximate surface area is 128 Å². The Bertz CT molecular complexity index is 673. The maximum absolute atomic E-state index is 11.6. The molecule has 2 atom stereocenters. The highest BCUT2D eigenvalue weighted by Gasteiger charge is 2.31. The zero-order valence-corrected chi connectivity index (χ0v) is 12.8. The van der Waals surface area contributed by atoms with Gasteiger partial charge in [-0.2, -0.15) is 0 Å². The van der Waals surface area contributed by atoms with Crippen LogP contribution in [-0.2, 0) is 6.42 Å². The van der Waals surface area contributed by atoms with Crippen molar-refractivity contribution in [2.45, 2.75) is 17.8 Å². The zero-order chi connectivity index (χ0) is 13.4. The molecule has 19 heavy (non-hydrogen) atoms. The second-order valence-corrected chi connectivity index (χ2v) is 6.07. The number of nitrogens with zero attached hydrogens (tertiary/aromatic N) is 1. The van der Waals surface area contributed by atoms with Crippen LogP contribution in [0.25, 0.3) is 0 Å². The van der Waals surface area contributed by atoms with Gasteiger partial charge >= 0.3 is 0 Å². The molecule has 1 aliphatic rings. The van der Waals surface area contributed by atoms with E-state index in [2.05, 4.69) is 27.4 Å². The highest BCUT2D eigenvalue weighted by Crippen LogP contribution is 2.37. The molecule has 0 saturated carbocycles. The van der Waals surface area contributed by atoms with Crippen LogP contribution in [0.2, 0.25) is 0 Å². The lowest BCUT2D eigenvalue weighted by atomic mass is 10.1. The van der Waals surface area contributed by atoms with Crippen molar-refractivity contribution < 1.29 is 0 Å². The summed E-state index contributed by atoms with van der Waals surface area (Å²) >= 11 is 8.39. The number of hydrogen-bond acceptors (Lipinski definition) is 3. The number of alkyl halides is 1. The second-order valence-electron chi connectivity index (χ2n) is 4.44. The minimum absolute atomic E-state index is 0.0133. The van der Waals surface area contributed by atoms with Gasteiger partial charge in [0.1, 0.15) is 9.39 Å². The van der Waals surface area contributed by atoms with Crippen molar-refractivity contribution in [2.75, 3.05) is 5.32 Å². The molecule has 2 aromatic rings. The van der Waals surface area contributed by atoms with Gasteiger partial charge in [-0.1, -0.05) is 24.3 Å². The summed E-state index contributed by atoms with van der Waals surface area (Å²) in [5, 5.41) is 3.25. The summed E-state index contributed by atoms with van der Waals surface area (Å²) in [6.45, 7) is 0. The number of aromatic amines is 1. The zero-order valence-electron chi connectivity index (χ0n) is 9.86. The van der Waals surface area contributed by atoms with Gasteiger partial charge in [-0.05, 0) is 40.1 Å². The van der Waals surface area contributed by atoms with Crippen molar-refractivity contribution in [1.82, 2.24) is 9.97 Å². The summed E-state index contributed by atoms with van der Waals surface area (Å²) in [7, 11) is 0. The Morgan fingerprint density at radius 3 is 3.05 bits per heavy atom. The van der Waals surface area contributed by atoms with Crippen LogP contribution in [0.5, 0.6) is 0 Å². The van der Waals surface area contributed by atoms with Crippen LogP contribution in [0.15, 0.2) is 35.4 Å². The highest BCUT2D eigenvalue weighted by atomic mass is 127. The minimum Gasteiger partial charge on any atom is -0.361 e. The van der Waals surface area contributed by atoms with Crippen LogP contribution in [0.3, 0.4) is 0 Å². The molecule has 0 amide bonds. The number of hydrogen-bond donors (Lipinski definition) is 2. The quantitative estimate of drug-likeness (QED) is 0.615. The van der Waals surface area contributed by atoms with Gasteiger partial charge in [0.15, 0.2) is 0 Å². The molecule has 0 radical (unpaired) electrons. The number of halogens is 2. The van der Waals surface area contributed by atoms with Gasteiger partial charge in [-0.3, -0.25) is 4.79 Å². The monoisotopic (exact) mass is 387 g/mol. The summed E-state index contributed by atoms with van der Waals surface area (Å²) in [4.78, 5) is 18.3. The first-order valence-electron chi connectivity index (χ1n) is 5.88. The largest absolute Gasteiger partial charge is 0.361 e. The molecule has 2 unspecified atom stereocenters. The molecule has 1 aliphatic carbocycles. The second kappa shape index (κ2) is 5.13. The van der Waals surface area contributed by atoms with Crippen molar-refractivity contribution in [3.63, 3.8) is 0 Å². The summed E-state index contributed by atoms with van der Waals surface area (Å²) < 4.78 is 0.549. The van der Waals surface area contributed by atoms with E-state index in [1.165, 1.54) is 17.5 Å². The number of nitrogens with one attached hydrogen (secondary N) is 2. The van der Waals surface area contributed by atoms with Crippen molar-refractivity contribution in [1.29, 1.82) is 0 Å². The molecule has 1 aromatic heterocycles. The van der Waals surface area contributed by atoms with Gasteiger partial charge in [0, 0.05) is 0 Å². The predicted octanol–water partition coefficient (Wildman–Crippen LogP) is 2.69. The van der Waals surface area contributed by atoms with Gasteiger partial charge in [0.2, 0.25) is 0 Å². The first-order chi connectivity index (χ1) is 9.16. The lowest BCUT2D eigenvalue weighted by Gasteiger charge is -2.18. The third-order valence-corrected chi connectivity index (χ3v) is 4.66. The van der Waals surface area contributed by atoms with Gasteiger partial charge in [-0.25, -0.2) is 4.98 Å². The highest BCUT2D eigenvalue weighted by molar-refractivity contribution is 14.1.